The Morgan fingerprint density at radius 1 is 1.71 bits per heavy atom. The lowest BCUT2D eigenvalue weighted by Gasteiger charge is -2.01. The fourth-order valence-corrected chi connectivity index (χ4v) is 0.908. The molecule has 1 unspecified atom stereocenters. The maximum absolute atomic E-state index is 10.3. The average molecular weight is 196 g/mol. The molecule has 74 valence electrons. The van der Waals surface area contributed by atoms with Gasteiger partial charge in [-0.15, -0.1) is 0 Å². The first kappa shape index (κ1) is 8.89. The van der Waals surface area contributed by atoms with Gasteiger partial charge in [-0.1, -0.05) is 0 Å². The van der Waals surface area contributed by atoms with Gasteiger partial charge in [-0.05, 0) is 0 Å². The van der Waals surface area contributed by atoms with Crippen molar-refractivity contribution in [3.05, 3.63) is 28.4 Å². The van der Waals surface area contributed by atoms with Gasteiger partial charge < -0.3 is 9.47 Å². The van der Waals surface area contributed by atoms with Crippen LogP contribution in [0.2, 0.25) is 0 Å². The van der Waals surface area contributed by atoms with Crippen LogP contribution in [0.5, 0.6) is 5.88 Å². The number of nitro groups is 1. The molecule has 0 radical (unpaired) electrons. The molecule has 0 N–H and O–H groups in total. The minimum Gasteiger partial charge on any atom is -0.475 e. The van der Waals surface area contributed by atoms with Crippen LogP contribution in [-0.2, 0) is 4.74 Å². The largest absolute Gasteiger partial charge is 0.475 e. The maximum Gasteiger partial charge on any atom is 0.287 e. The second kappa shape index (κ2) is 3.59. The highest BCUT2D eigenvalue weighted by atomic mass is 16.6. The molecule has 0 amide bonds. The Morgan fingerprint density at radius 2 is 2.50 bits per heavy atom. The molecule has 6 nitrogen and oxygen atoms in total. The van der Waals surface area contributed by atoms with Crippen LogP contribution in [0.4, 0.5) is 5.69 Å². The predicted molar refractivity (Wildman–Crippen MR) is 46.1 cm³/mol. The molecule has 0 bridgehead atoms. The van der Waals surface area contributed by atoms with Crippen molar-refractivity contribution in [1.82, 2.24) is 4.98 Å². The van der Waals surface area contributed by atoms with E-state index in [2.05, 4.69) is 4.98 Å². The van der Waals surface area contributed by atoms with Crippen LogP contribution < -0.4 is 4.74 Å². The highest BCUT2D eigenvalue weighted by Crippen LogP contribution is 2.15. The summed E-state index contributed by atoms with van der Waals surface area (Å²) in [5, 5.41) is 10.3. The first-order valence-electron chi connectivity index (χ1n) is 4.10. The van der Waals surface area contributed by atoms with E-state index in [1.807, 2.05) is 0 Å². The van der Waals surface area contributed by atoms with Crippen molar-refractivity contribution in [3.63, 3.8) is 0 Å². The lowest BCUT2D eigenvalue weighted by Crippen LogP contribution is -2.05. The minimum absolute atomic E-state index is 0.0416. The molecule has 1 atom stereocenters. The van der Waals surface area contributed by atoms with Gasteiger partial charge in [-0.3, -0.25) is 10.1 Å². The Balaban J connectivity index is 1.94. The molecule has 0 spiro atoms. The van der Waals surface area contributed by atoms with E-state index >= 15 is 0 Å². The summed E-state index contributed by atoms with van der Waals surface area (Å²) in [5.74, 6) is 0.381. The van der Waals surface area contributed by atoms with Crippen LogP contribution in [0, 0.1) is 10.1 Å². The van der Waals surface area contributed by atoms with Gasteiger partial charge in [0.05, 0.1) is 11.5 Å². The molecule has 14 heavy (non-hydrogen) atoms. The van der Waals surface area contributed by atoms with Crippen LogP contribution in [0.3, 0.4) is 0 Å². The minimum atomic E-state index is -0.499. The highest BCUT2D eigenvalue weighted by molar-refractivity contribution is 5.28. The van der Waals surface area contributed by atoms with Gasteiger partial charge in [0.1, 0.15) is 18.9 Å². The van der Waals surface area contributed by atoms with Crippen LogP contribution in [0.15, 0.2) is 18.3 Å². The number of nitrogens with zero attached hydrogens (tertiary/aromatic N) is 2. The number of rotatable bonds is 4. The standard InChI is InChI=1S/C8H8N2O4/c11-10(12)6-1-2-8(9-3-6)14-5-7-4-13-7/h1-3,7H,4-5H2. The number of pyridine rings is 1. The molecule has 1 aliphatic heterocycles. The lowest BCUT2D eigenvalue weighted by molar-refractivity contribution is -0.385. The fraction of sp³-hybridized carbons (Fsp3) is 0.375. The van der Waals surface area contributed by atoms with Crippen molar-refractivity contribution in [2.45, 2.75) is 6.10 Å². The van der Waals surface area contributed by atoms with E-state index in [-0.39, 0.29) is 11.8 Å². The van der Waals surface area contributed by atoms with E-state index in [1.54, 1.807) is 0 Å². The number of hydrogen-bond acceptors (Lipinski definition) is 5. The third-order valence-corrected chi connectivity index (χ3v) is 1.75. The highest BCUT2D eigenvalue weighted by Gasteiger charge is 2.23. The quantitative estimate of drug-likeness (QED) is 0.403. The van der Waals surface area contributed by atoms with Crippen molar-refractivity contribution >= 4 is 5.69 Å². The molecule has 0 aliphatic carbocycles. The molecule has 1 fully saturated rings. The van der Waals surface area contributed by atoms with E-state index in [4.69, 9.17) is 9.47 Å². The number of hydrogen-bond donors (Lipinski definition) is 0. The molecule has 0 saturated carbocycles. The maximum atomic E-state index is 10.3. The number of epoxide rings is 1. The molecule has 1 aliphatic rings. The molecule has 1 aromatic rings. The van der Waals surface area contributed by atoms with Gasteiger partial charge in [-0.2, -0.15) is 0 Å². The summed E-state index contributed by atoms with van der Waals surface area (Å²) < 4.78 is 10.1. The zero-order chi connectivity index (χ0) is 9.97. The Hall–Kier alpha value is -1.69. The van der Waals surface area contributed by atoms with Gasteiger partial charge in [0, 0.05) is 12.1 Å². The smallest absolute Gasteiger partial charge is 0.287 e. The molecule has 0 aromatic carbocycles. The zero-order valence-electron chi connectivity index (χ0n) is 7.25. The number of aromatic nitrogens is 1. The predicted octanol–water partition coefficient (Wildman–Crippen LogP) is 0.767. The van der Waals surface area contributed by atoms with Crippen molar-refractivity contribution in [3.8, 4) is 5.88 Å². The van der Waals surface area contributed by atoms with Gasteiger partial charge in [-0.25, -0.2) is 4.98 Å². The van der Waals surface area contributed by atoms with Gasteiger partial charge >= 0.3 is 0 Å². The van der Waals surface area contributed by atoms with Crippen molar-refractivity contribution in [2.24, 2.45) is 0 Å². The Morgan fingerprint density at radius 3 is 3.00 bits per heavy atom. The Kier molecular flexibility index (Phi) is 2.28. The lowest BCUT2D eigenvalue weighted by atomic mass is 10.4. The molecule has 2 rings (SSSR count). The van der Waals surface area contributed by atoms with Crippen LogP contribution in [0.25, 0.3) is 0 Å². The summed E-state index contributed by atoms with van der Waals surface area (Å²) in [6, 6.07) is 2.83. The Bertz CT molecular complexity index is 334. The zero-order valence-corrected chi connectivity index (χ0v) is 7.25. The first-order valence-corrected chi connectivity index (χ1v) is 4.10. The first-order chi connectivity index (χ1) is 6.75. The fourth-order valence-electron chi connectivity index (χ4n) is 0.908. The van der Waals surface area contributed by atoms with E-state index in [1.165, 1.54) is 18.3 Å². The summed E-state index contributed by atoms with van der Waals surface area (Å²) >= 11 is 0. The monoisotopic (exact) mass is 196 g/mol. The summed E-state index contributed by atoms with van der Waals surface area (Å²) in [4.78, 5) is 13.6. The molecular weight excluding hydrogens is 188 g/mol. The second-order valence-electron chi connectivity index (χ2n) is 2.88. The molecule has 1 saturated heterocycles. The van der Waals surface area contributed by atoms with Gasteiger partial charge in [0.2, 0.25) is 5.88 Å². The normalized spacial score (nSPS) is 19.0. The molecule has 6 heteroatoms. The Labute approximate surface area is 79.6 Å². The third-order valence-electron chi connectivity index (χ3n) is 1.75. The third kappa shape index (κ3) is 2.17. The van der Waals surface area contributed by atoms with Crippen molar-refractivity contribution in [2.75, 3.05) is 13.2 Å². The molecule has 2 heterocycles. The van der Waals surface area contributed by atoms with E-state index in [0.29, 0.717) is 19.1 Å². The summed E-state index contributed by atoms with van der Waals surface area (Å²) in [6.07, 6.45) is 1.33. The van der Waals surface area contributed by atoms with Crippen LogP contribution in [0.1, 0.15) is 0 Å². The van der Waals surface area contributed by atoms with Crippen molar-refractivity contribution < 1.29 is 14.4 Å². The van der Waals surface area contributed by atoms with Crippen LogP contribution in [-0.4, -0.2) is 29.2 Å². The topological polar surface area (TPSA) is 77.8 Å². The van der Waals surface area contributed by atoms with Crippen molar-refractivity contribution in [1.29, 1.82) is 0 Å². The van der Waals surface area contributed by atoms with Crippen LogP contribution >= 0.6 is 0 Å². The summed E-state index contributed by atoms with van der Waals surface area (Å²) in [7, 11) is 0. The van der Waals surface area contributed by atoms with Gasteiger partial charge in [0.25, 0.3) is 5.69 Å². The average Bonchev–Trinajstić information content (AvgIpc) is 2.99. The SMILES string of the molecule is O=[N+]([O-])c1ccc(OCC2CO2)nc1. The molecular formula is C8H8N2O4. The second-order valence-corrected chi connectivity index (χ2v) is 2.88. The van der Waals surface area contributed by atoms with E-state index in [9.17, 15) is 10.1 Å². The molecule has 1 aromatic heterocycles. The van der Waals surface area contributed by atoms with E-state index < -0.39 is 4.92 Å². The summed E-state index contributed by atoms with van der Waals surface area (Å²) in [5.41, 5.74) is -0.0416. The number of ether oxygens (including phenoxy) is 2. The van der Waals surface area contributed by atoms with E-state index in [0.717, 1.165) is 0 Å². The summed E-state index contributed by atoms with van der Waals surface area (Å²) in [6.45, 7) is 1.16. The van der Waals surface area contributed by atoms with Gasteiger partial charge in [0.15, 0.2) is 0 Å².